The van der Waals surface area contributed by atoms with Crippen LogP contribution in [0, 0.1) is 23.5 Å². The van der Waals surface area contributed by atoms with Crippen LogP contribution in [0.15, 0.2) is 24.3 Å². The largest absolute Gasteiger partial charge is 0.465 e. The predicted octanol–water partition coefficient (Wildman–Crippen LogP) is 5.80. The molecule has 0 radical (unpaired) electrons. The number of hydrogen-bond acceptors (Lipinski definition) is 7. The second-order valence-corrected chi connectivity index (χ2v) is 9.44. The van der Waals surface area contributed by atoms with E-state index in [9.17, 15) is 28.0 Å². The molecule has 0 aromatic heterocycles. The van der Waals surface area contributed by atoms with E-state index in [1.54, 1.807) is 0 Å². The predicted molar refractivity (Wildman–Crippen MR) is 135 cm³/mol. The Balaban J connectivity index is 0.000000220. The molecule has 2 aromatic rings. The van der Waals surface area contributed by atoms with Gasteiger partial charge >= 0.3 is 11.9 Å². The number of esters is 2. The zero-order valence-corrected chi connectivity index (χ0v) is 22.2. The van der Waals surface area contributed by atoms with Crippen molar-refractivity contribution in [2.24, 2.45) is 11.8 Å². The highest BCUT2D eigenvalue weighted by molar-refractivity contribution is 6.64. The Morgan fingerprint density at radius 3 is 1.70 bits per heavy atom. The number of ketones is 1. The molecule has 37 heavy (non-hydrogen) atoms. The summed E-state index contributed by atoms with van der Waals surface area (Å²) in [6.07, 6.45) is 3.97. The summed E-state index contributed by atoms with van der Waals surface area (Å²) in [6.45, 7) is 0. The molecule has 2 aliphatic carbocycles. The average molecular weight is 579 g/mol. The molecular weight excluding hydrogens is 555 g/mol. The van der Waals surface area contributed by atoms with Crippen LogP contribution in [-0.4, -0.2) is 37.2 Å². The quantitative estimate of drug-likeness (QED) is 0.262. The summed E-state index contributed by atoms with van der Waals surface area (Å²) in [6, 6.07) is 4.46. The van der Waals surface area contributed by atoms with Gasteiger partial charge in [-0.2, -0.15) is 0 Å². The first-order chi connectivity index (χ1) is 17.4. The summed E-state index contributed by atoms with van der Waals surface area (Å²) in [5, 5.41) is 0.0781. The van der Waals surface area contributed by atoms with Crippen molar-refractivity contribution in [1.82, 2.24) is 0 Å². The van der Waals surface area contributed by atoms with Gasteiger partial charge in [0.05, 0.1) is 36.1 Å². The van der Waals surface area contributed by atoms with E-state index in [-0.39, 0.29) is 56.1 Å². The number of Topliss-reactive ketones (excluding diaryl/α,β-unsaturated/α-hetero) is 1. The molecule has 7 nitrogen and oxygen atoms in total. The lowest BCUT2D eigenvalue weighted by atomic mass is 10.0. The molecule has 0 unspecified atom stereocenters. The fraction of sp³-hybridized carbons (Fsp3) is 0.360. The monoisotopic (exact) mass is 577 g/mol. The molecular formula is C25H24Cl3F2NO6. The second-order valence-electron chi connectivity index (χ2n) is 8.26. The Labute approximate surface area is 227 Å². The van der Waals surface area contributed by atoms with Crippen molar-refractivity contribution in [3.63, 3.8) is 0 Å². The number of carbonyl (C=O) groups is 4. The molecule has 0 atom stereocenters. The van der Waals surface area contributed by atoms with Crippen LogP contribution < -0.4 is 5.73 Å². The molecule has 4 rings (SSSR count). The lowest BCUT2D eigenvalue weighted by Gasteiger charge is -2.07. The van der Waals surface area contributed by atoms with Gasteiger partial charge in [-0.3, -0.25) is 9.59 Å². The fourth-order valence-corrected chi connectivity index (χ4v) is 3.46. The first-order valence-corrected chi connectivity index (χ1v) is 12.1. The number of anilines is 1. The standard InChI is InChI=1S/C13H12ClFO3.C8H7ClFNO2.C4H5ClO/c1-18-13(17)9-4-8(10(14)6-11(9)15)5-12(16)7-2-3-7;1-13-8(12)4-2-7(11)5(9)3-6(4)10;5-4(6)3-1-2-3/h4,6-7H,2-3,5H2,1H3;2-3H,11H2,1H3;3H,1-2H2. The van der Waals surface area contributed by atoms with Crippen molar-refractivity contribution in [2.45, 2.75) is 32.1 Å². The molecule has 0 saturated heterocycles. The number of ether oxygens (including phenoxy) is 2. The highest BCUT2D eigenvalue weighted by Gasteiger charge is 2.30. The van der Waals surface area contributed by atoms with Crippen LogP contribution in [0.25, 0.3) is 0 Å². The molecule has 2 aromatic carbocycles. The van der Waals surface area contributed by atoms with E-state index in [0.29, 0.717) is 5.56 Å². The zero-order valence-electron chi connectivity index (χ0n) is 19.9. The summed E-state index contributed by atoms with van der Waals surface area (Å²) in [4.78, 5) is 43.9. The molecule has 0 spiro atoms. The summed E-state index contributed by atoms with van der Waals surface area (Å²) < 4.78 is 35.3. The Bertz CT molecular complexity index is 1200. The van der Waals surface area contributed by atoms with Gasteiger partial charge in [-0.15, -0.1) is 0 Å². The second kappa shape index (κ2) is 13.7. The van der Waals surface area contributed by atoms with Gasteiger partial charge in [0.15, 0.2) is 0 Å². The van der Waals surface area contributed by atoms with Crippen LogP contribution in [0.1, 0.15) is 52.0 Å². The third kappa shape index (κ3) is 9.25. The van der Waals surface area contributed by atoms with E-state index in [1.165, 1.54) is 13.2 Å². The summed E-state index contributed by atoms with van der Waals surface area (Å²) in [5.41, 5.74) is 5.57. The topological polar surface area (TPSA) is 113 Å². The van der Waals surface area contributed by atoms with E-state index in [4.69, 9.17) is 40.5 Å². The minimum atomic E-state index is -0.777. The molecule has 0 heterocycles. The normalized spacial score (nSPS) is 13.8. The van der Waals surface area contributed by atoms with Crippen molar-refractivity contribution >= 4 is 63.5 Å². The third-order valence-corrected chi connectivity index (χ3v) is 6.32. The number of nitrogen functional groups attached to an aromatic ring is 1. The number of hydrogen-bond donors (Lipinski definition) is 1. The Morgan fingerprint density at radius 1 is 0.838 bits per heavy atom. The average Bonchev–Trinajstić information content (AvgIpc) is 3.75. The molecule has 0 amide bonds. The van der Waals surface area contributed by atoms with Gasteiger partial charge in [0.2, 0.25) is 5.24 Å². The lowest BCUT2D eigenvalue weighted by Crippen LogP contribution is -2.09. The maximum Gasteiger partial charge on any atom is 0.340 e. The highest BCUT2D eigenvalue weighted by atomic mass is 35.5. The Morgan fingerprint density at radius 2 is 1.30 bits per heavy atom. The SMILES string of the molecule is COC(=O)c1cc(CC(=O)C2CC2)c(Cl)cc1F.COC(=O)c1cc(N)c(Cl)cc1F.O=C(Cl)C1CC1. The van der Waals surface area contributed by atoms with Crippen LogP contribution in [0.5, 0.6) is 0 Å². The fourth-order valence-electron chi connectivity index (χ4n) is 2.88. The van der Waals surface area contributed by atoms with Crippen molar-refractivity contribution < 1.29 is 37.4 Å². The summed E-state index contributed by atoms with van der Waals surface area (Å²) in [7, 11) is 2.33. The first-order valence-electron chi connectivity index (χ1n) is 11.0. The van der Waals surface area contributed by atoms with Crippen molar-refractivity contribution in [3.05, 3.63) is 62.6 Å². The number of rotatable bonds is 6. The lowest BCUT2D eigenvalue weighted by molar-refractivity contribution is -0.119. The summed E-state index contributed by atoms with van der Waals surface area (Å²) >= 11 is 16.4. The van der Waals surface area contributed by atoms with Gasteiger partial charge in [0.1, 0.15) is 17.4 Å². The van der Waals surface area contributed by atoms with Gasteiger partial charge in [0.25, 0.3) is 0 Å². The Kier molecular flexibility index (Phi) is 11.3. The van der Waals surface area contributed by atoms with Crippen molar-refractivity contribution in [3.8, 4) is 0 Å². The maximum atomic E-state index is 13.5. The third-order valence-electron chi connectivity index (χ3n) is 5.33. The van der Waals surface area contributed by atoms with E-state index in [1.807, 2.05) is 0 Å². The number of benzene rings is 2. The molecule has 200 valence electrons. The molecule has 2 fully saturated rings. The van der Waals surface area contributed by atoms with Gasteiger partial charge in [0, 0.05) is 23.3 Å². The highest BCUT2D eigenvalue weighted by Crippen LogP contribution is 2.32. The van der Waals surface area contributed by atoms with E-state index >= 15 is 0 Å². The van der Waals surface area contributed by atoms with Crippen molar-refractivity contribution in [1.29, 1.82) is 0 Å². The minimum absolute atomic E-state index is 0.0742. The molecule has 0 aliphatic heterocycles. The van der Waals surface area contributed by atoms with E-state index in [0.717, 1.165) is 51.0 Å². The van der Waals surface area contributed by atoms with E-state index < -0.39 is 23.6 Å². The molecule has 0 bridgehead atoms. The molecule has 12 heteroatoms. The molecule has 2 saturated carbocycles. The number of halogens is 5. The van der Waals surface area contributed by atoms with Gasteiger partial charge < -0.3 is 15.2 Å². The van der Waals surface area contributed by atoms with Crippen LogP contribution in [0.4, 0.5) is 14.5 Å². The van der Waals surface area contributed by atoms with Gasteiger partial charge in [-0.25, -0.2) is 18.4 Å². The Hall–Kier alpha value is -2.75. The number of carbonyl (C=O) groups excluding carboxylic acids is 4. The maximum absolute atomic E-state index is 13.5. The summed E-state index contributed by atoms with van der Waals surface area (Å²) in [5.74, 6) is -2.62. The van der Waals surface area contributed by atoms with Gasteiger partial charge in [-0.05, 0) is 67.1 Å². The number of nitrogens with two attached hydrogens (primary N) is 1. The van der Waals surface area contributed by atoms with Crippen LogP contribution in [0.2, 0.25) is 10.0 Å². The van der Waals surface area contributed by atoms with Gasteiger partial charge in [-0.1, -0.05) is 23.2 Å². The first kappa shape index (κ1) is 30.5. The number of methoxy groups -OCH3 is 2. The molecule has 2 N–H and O–H groups in total. The zero-order chi connectivity index (χ0) is 27.9. The van der Waals surface area contributed by atoms with Crippen LogP contribution in [0.3, 0.4) is 0 Å². The minimum Gasteiger partial charge on any atom is -0.465 e. The smallest absolute Gasteiger partial charge is 0.340 e. The van der Waals surface area contributed by atoms with Crippen molar-refractivity contribution in [2.75, 3.05) is 20.0 Å². The van der Waals surface area contributed by atoms with E-state index in [2.05, 4.69) is 9.47 Å². The van der Waals surface area contributed by atoms with Crippen LogP contribution >= 0.6 is 34.8 Å². The van der Waals surface area contributed by atoms with Crippen LogP contribution in [-0.2, 0) is 25.5 Å². The molecule has 2 aliphatic rings.